The molecule has 6 nitrogen and oxygen atoms in total. The molecule has 0 spiro atoms. The summed E-state index contributed by atoms with van der Waals surface area (Å²) in [5.74, 6) is 0. The monoisotopic (exact) mass is 409 g/mol. The largest absolute Gasteiger partial charge is 0.726 e. The molecule has 0 atom stereocenters. The van der Waals surface area contributed by atoms with Crippen molar-refractivity contribution in [3.05, 3.63) is 0 Å². The van der Waals surface area contributed by atoms with Crippen LogP contribution in [-0.4, -0.2) is 45.9 Å². The summed E-state index contributed by atoms with van der Waals surface area (Å²) in [5, 5.41) is 2.27. The molecule has 0 radical (unpaired) electrons. The van der Waals surface area contributed by atoms with Gasteiger partial charge in [-0.05, 0) is 6.42 Å². The molecule has 0 unspecified atom stereocenters. The predicted octanol–water partition coefficient (Wildman–Crippen LogP) is 3.52. The van der Waals surface area contributed by atoms with Gasteiger partial charge in [-0.2, -0.15) is 0 Å². The SMILES string of the molecule is C1COCC[NH2+]1.CCCCCCCCCCCCCCCCOS(=O)(=O)[O-]. The molecule has 0 amide bonds. The van der Waals surface area contributed by atoms with Crippen LogP contribution in [0, 0.1) is 0 Å². The highest BCUT2D eigenvalue weighted by Gasteiger charge is 1.97. The summed E-state index contributed by atoms with van der Waals surface area (Å²) in [5.41, 5.74) is 0. The first kappa shape index (κ1) is 26.8. The lowest BCUT2D eigenvalue weighted by Gasteiger charge is -2.07. The first-order valence-corrected chi connectivity index (χ1v) is 12.4. The van der Waals surface area contributed by atoms with E-state index in [0.29, 0.717) is 6.42 Å². The molecule has 0 aromatic carbocycles. The fourth-order valence-corrected chi connectivity index (χ4v) is 3.36. The first-order chi connectivity index (χ1) is 13.1. The minimum atomic E-state index is -4.49. The van der Waals surface area contributed by atoms with E-state index in [1.54, 1.807) is 0 Å². The van der Waals surface area contributed by atoms with E-state index in [1.807, 2.05) is 0 Å². The Morgan fingerprint density at radius 3 is 1.48 bits per heavy atom. The van der Waals surface area contributed by atoms with Crippen molar-refractivity contribution in [2.24, 2.45) is 0 Å². The number of hydrogen-bond acceptors (Lipinski definition) is 5. The Morgan fingerprint density at radius 2 is 1.19 bits per heavy atom. The molecule has 1 rings (SSSR count). The second-order valence-corrected chi connectivity index (χ2v) is 8.36. The summed E-state index contributed by atoms with van der Waals surface area (Å²) in [7, 11) is -4.49. The highest BCUT2D eigenvalue weighted by molar-refractivity contribution is 7.80. The van der Waals surface area contributed by atoms with Crippen LogP contribution in [0.2, 0.25) is 0 Å². The third kappa shape index (κ3) is 25.8. The van der Waals surface area contributed by atoms with Gasteiger partial charge >= 0.3 is 0 Å². The molecule has 7 heteroatoms. The molecular formula is C20H43NO5S. The van der Waals surface area contributed by atoms with Crippen molar-refractivity contribution in [2.75, 3.05) is 32.9 Å². The van der Waals surface area contributed by atoms with Crippen molar-refractivity contribution < 1.29 is 27.2 Å². The summed E-state index contributed by atoms with van der Waals surface area (Å²) in [6, 6.07) is 0. The molecule has 1 fully saturated rings. The lowest BCUT2D eigenvalue weighted by atomic mass is 10.0. The van der Waals surface area contributed by atoms with Crippen LogP contribution in [0.1, 0.15) is 96.8 Å². The molecule has 1 saturated heterocycles. The second-order valence-electron chi connectivity index (χ2n) is 7.30. The van der Waals surface area contributed by atoms with Crippen LogP contribution >= 0.6 is 0 Å². The van der Waals surface area contributed by atoms with Gasteiger partial charge < -0.3 is 14.6 Å². The average molecular weight is 410 g/mol. The van der Waals surface area contributed by atoms with Crippen LogP contribution in [0.15, 0.2) is 0 Å². The Balaban J connectivity index is 0.000000941. The number of hydrogen-bond donors (Lipinski definition) is 1. The van der Waals surface area contributed by atoms with E-state index in [-0.39, 0.29) is 6.61 Å². The molecule has 0 aromatic heterocycles. The van der Waals surface area contributed by atoms with Gasteiger partial charge in [0.15, 0.2) is 0 Å². The molecule has 1 heterocycles. The van der Waals surface area contributed by atoms with Gasteiger partial charge in [-0.3, -0.25) is 4.18 Å². The molecule has 1 aliphatic heterocycles. The lowest BCUT2D eigenvalue weighted by molar-refractivity contribution is -0.670. The molecule has 0 bridgehead atoms. The number of ether oxygens (including phenoxy) is 1. The third-order valence-electron chi connectivity index (χ3n) is 4.66. The van der Waals surface area contributed by atoms with Crippen molar-refractivity contribution in [2.45, 2.75) is 96.8 Å². The van der Waals surface area contributed by atoms with E-state index in [1.165, 1.54) is 70.6 Å². The number of morpholine rings is 1. The van der Waals surface area contributed by atoms with Gasteiger partial charge in [0.05, 0.1) is 32.9 Å². The van der Waals surface area contributed by atoms with Gasteiger partial charge in [0.25, 0.3) is 0 Å². The Bertz CT molecular complexity index is 374. The van der Waals surface area contributed by atoms with Crippen molar-refractivity contribution >= 4 is 10.4 Å². The van der Waals surface area contributed by atoms with E-state index in [9.17, 15) is 13.0 Å². The number of quaternary nitrogens is 1. The van der Waals surface area contributed by atoms with Crippen LogP contribution in [0.25, 0.3) is 0 Å². The normalized spacial score (nSPS) is 14.6. The van der Waals surface area contributed by atoms with Crippen molar-refractivity contribution in [1.82, 2.24) is 0 Å². The Hall–Kier alpha value is -0.210. The van der Waals surface area contributed by atoms with E-state index in [4.69, 9.17) is 4.74 Å². The molecule has 0 saturated carbocycles. The summed E-state index contributed by atoms with van der Waals surface area (Å²) in [6.45, 7) is 6.47. The van der Waals surface area contributed by atoms with Crippen molar-refractivity contribution in [1.29, 1.82) is 0 Å². The van der Waals surface area contributed by atoms with Crippen molar-refractivity contribution in [3.8, 4) is 0 Å². The van der Waals surface area contributed by atoms with Gasteiger partial charge in [-0.1, -0.05) is 90.4 Å². The van der Waals surface area contributed by atoms with E-state index >= 15 is 0 Å². The third-order valence-corrected chi connectivity index (χ3v) is 5.11. The van der Waals surface area contributed by atoms with Crippen LogP contribution < -0.4 is 5.32 Å². The number of rotatable bonds is 16. The molecule has 164 valence electrons. The second kappa shape index (κ2) is 20.5. The van der Waals surface area contributed by atoms with Crippen LogP contribution in [0.4, 0.5) is 0 Å². The topological polar surface area (TPSA) is 92.3 Å². The van der Waals surface area contributed by atoms with Crippen molar-refractivity contribution in [3.63, 3.8) is 0 Å². The predicted molar refractivity (Wildman–Crippen MR) is 108 cm³/mol. The smallest absolute Gasteiger partial charge is 0.217 e. The lowest BCUT2D eigenvalue weighted by Crippen LogP contribution is -2.87. The maximum atomic E-state index is 10.2. The average Bonchev–Trinajstić information content (AvgIpc) is 2.66. The molecule has 0 aromatic rings. The van der Waals surface area contributed by atoms with E-state index in [2.05, 4.69) is 16.4 Å². The van der Waals surface area contributed by atoms with Crippen LogP contribution in [0.3, 0.4) is 0 Å². The Morgan fingerprint density at radius 1 is 0.778 bits per heavy atom. The molecule has 1 aliphatic rings. The Labute approximate surface area is 167 Å². The van der Waals surface area contributed by atoms with E-state index in [0.717, 1.165) is 39.1 Å². The standard InChI is InChI=1S/C16H34O4S.C4H9NO/c1-2-3-4-5-6-7-8-9-10-11-12-13-14-15-16-20-21(17,18)19;1-3-6-4-2-5-1/h2-16H2,1H3,(H,17,18,19);5H,1-4H2. The zero-order chi connectivity index (χ0) is 20.1. The number of nitrogens with two attached hydrogens (primary N) is 1. The van der Waals surface area contributed by atoms with Gasteiger partial charge in [0.1, 0.15) is 0 Å². The van der Waals surface area contributed by atoms with Gasteiger partial charge in [-0.25, -0.2) is 8.42 Å². The van der Waals surface area contributed by atoms with Gasteiger partial charge in [0.2, 0.25) is 10.4 Å². The fourth-order valence-electron chi connectivity index (χ4n) is 3.04. The minimum absolute atomic E-state index is 0.0316. The van der Waals surface area contributed by atoms with E-state index < -0.39 is 10.4 Å². The van der Waals surface area contributed by atoms with Crippen LogP contribution in [-0.2, 0) is 19.3 Å². The number of unbranched alkanes of at least 4 members (excludes halogenated alkanes) is 13. The highest BCUT2D eigenvalue weighted by Crippen LogP contribution is 2.12. The summed E-state index contributed by atoms with van der Waals surface area (Å²) >= 11 is 0. The van der Waals surface area contributed by atoms with Gasteiger partial charge in [-0.15, -0.1) is 0 Å². The highest BCUT2D eigenvalue weighted by atomic mass is 32.3. The first-order valence-electron chi connectivity index (χ1n) is 11.1. The minimum Gasteiger partial charge on any atom is -0.726 e. The van der Waals surface area contributed by atoms with Crippen LogP contribution in [0.5, 0.6) is 0 Å². The van der Waals surface area contributed by atoms with Gasteiger partial charge in [0, 0.05) is 0 Å². The maximum Gasteiger partial charge on any atom is 0.217 e. The molecular weight excluding hydrogens is 366 g/mol. The molecule has 27 heavy (non-hydrogen) atoms. The summed E-state index contributed by atoms with van der Waals surface area (Å²) < 4.78 is 39.8. The fraction of sp³-hybridized carbons (Fsp3) is 1.00. The zero-order valence-corrected chi connectivity index (χ0v) is 18.3. The molecule has 2 N–H and O–H groups in total. The quantitative estimate of drug-likeness (QED) is 0.239. The Kier molecular flexibility index (Phi) is 20.4. The summed E-state index contributed by atoms with van der Waals surface area (Å²) in [4.78, 5) is 0. The maximum absolute atomic E-state index is 10.2. The summed E-state index contributed by atoms with van der Waals surface area (Å²) in [6.07, 6.45) is 17.4. The zero-order valence-electron chi connectivity index (χ0n) is 17.5. The molecule has 0 aliphatic carbocycles.